The summed E-state index contributed by atoms with van der Waals surface area (Å²) >= 11 is 5.71. The number of hydrogen-bond donors (Lipinski definition) is 2. The Balaban J connectivity index is 2.28. The Morgan fingerprint density at radius 2 is 2.00 bits per heavy atom. The lowest BCUT2D eigenvalue weighted by atomic mass is 10.3. The molecule has 0 heterocycles. The van der Waals surface area contributed by atoms with Crippen LogP contribution in [-0.4, -0.2) is 24.4 Å². The van der Waals surface area contributed by atoms with E-state index in [1.165, 1.54) is 0 Å². The van der Waals surface area contributed by atoms with E-state index in [9.17, 15) is 0 Å². The third-order valence-corrected chi connectivity index (χ3v) is 2.06. The first-order valence-electron chi connectivity index (χ1n) is 4.49. The minimum Gasteiger partial charge on any atom is -0.493 e. The highest BCUT2D eigenvalue weighted by atomic mass is 35.5. The van der Waals surface area contributed by atoms with Crippen LogP contribution in [0.15, 0.2) is 24.3 Å². The van der Waals surface area contributed by atoms with Gasteiger partial charge >= 0.3 is 0 Å². The van der Waals surface area contributed by atoms with Crippen LogP contribution >= 0.6 is 11.6 Å². The molecule has 0 saturated heterocycles. The van der Waals surface area contributed by atoms with E-state index in [2.05, 4.69) is 0 Å². The van der Waals surface area contributed by atoms with E-state index < -0.39 is 6.10 Å². The molecule has 0 saturated carbocycles. The van der Waals surface area contributed by atoms with Crippen LogP contribution in [0, 0.1) is 0 Å². The van der Waals surface area contributed by atoms with Gasteiger partial charge in [0.15, 0.2) is 0 Å². The molecule has 0 bridgehead atoms. The molecule has 0 fully saturated rings. The molecule has 1 atom stereocenters. The first kappa shape index (κ1) is 11.3. The van der Waals surface area contributed by atoms with Crippen molar-refractivity contribution >= 4 is 11.6 Å². The molecule has 14 heavy (non-hydrogen) atoms. The van der Waals surface area contributed by atoms with E-state index >= 15 is 0 Å². The Kier molecular flexibility index (Phi) is 4.73. The molecule has 3 N–H and O–H groups in total. The molecule has 4 heteroatoms. The van der Waals surface area contributed by atoms with Crippen LogP contribution in [-0.2, 0) is 0 Å². The molecule has 0 radical (unpaired) electrons. The highest BCUT2D eigenvalue weighted by Crippen LogP contribution is 2.15. The van der Waals surface area contributed by atoms with Crippen molar-refractivity contribution in [1.29, 1.82) is 0 Å². The lowest BCUT2D eigenvalue weighted by Gasteiger charge is -2.09. The minimum absolute atomic E-state index is 0.268. The lowest BCUT2D eigenvalue weighted by molar-refractivity contribution is 0.146. The van der Waals surface area contributed by atoms with E-state index in [-0.39, 0.29) is 6.54 Å². The van der Waals surface area contributed by atoms with E-state index in [4.69, 9.17) is 27.2 Å². The number of halogens is 1. The van der Waals surface area contributed by atoms with Crippen LogP contribution in [0.1, 0.15) is 6.42 Å². The van der Waals surface area contributed by atoms with E-state index in [0.29, 0.717) is 18.1 Å². The molecule has 0 unspecified atom stereocenters. The normalized spacial score (nSPS) is 12.5. The van der Waals surface area contributed by atoms with Gasteiger partial charge < -0.3 is 15.6 Å². The standard InChI is InChI=1S/C10H14ClNO2/c11-8-1-3-10(4-2-8)14-6-5-9(13)7-12/h1-4,9,13H,5-7,12H2/t9-/m0/s1. The van der Waals surface area contributed by atoms with Crippen molar-refractivity contribution in [3.05, 3.63) is 29.3 Å². The molecule has 0 spiro atoms. The van der Waals surface area contributed by atoms with Crippen molar-refractivity contribution in [2.45, 2.75) is 12.5 Å². The zero-order chi connectivity index (χ0) is 10.4. The summed E-state index contributed by atoms with van der Waals surface area (Å²) in [6, 6.07) is 7.10. The summed E-state index contributed by atoms with van der Waals surface area (Å²) in [5.41, 5.74) is 5.25. The number of benzene rings is 1. The highest BCUT2D eigenvalue weighted by Gasteiger charge is 2.00. The number of nitrogens with two attached hydrogens (primary N) is 1. The van der Waals surface area contributed by atoms with Gasteiger partial charge in [-0.1, -0.05) is 11.6 Å². The van der Waals surface area contributed by atoms with Crippen molar-refractivity contribution in [3.63, 3.8) is 0 Å². The summed E-state index contributed by atoms with van der Waals surface area (Å²) in [4.78, 5) is 0. The smallest absolute Gasteiger partial charge is 0.119 e. The topological polar surface area (TPSA) is 55.5 Å². The summed E-state index contributed by atoms with van der Waals surface area (Å²) in [6.45, 7) is 0.726. The van der Waals surface area contributed by atoms with Crippen LogP contribution < -0.4 is 10.5 Å². The Bertz CT molecular complexity index is 263. The summed E-state index contributed by atoms with van der Waals surface area (Å²) in [6.07, 6.45) is 0.0568. The van der Waals surface area contributed by atoms with Crippen LogP contribution in [0.25, 0.3) is 0 Å². The molecular formula is C10H14ClNO2. The predicted octanol–water partition coefficient (Wildman–Crippen LogP) is 1.43. The number of ether oxygens (including phenoxy) is 1. The fourth-order valence-electron chi connectivity index (χ4n) is 0.961. The second-order valence-corrected chi connectivity index (χ2v) is 3.42. The second-order valence-electron chi connectivity index (χ2n) is 2.98. The second kappa shape index (κ2) is 5.86. The van der Waals surface area contributed by atoms with Crippen LogP contribution in [0.5, 0.6) is 5.75 Å². The van der Waals surface area contributed by atoms with Gasteiger partial charge in [-0.3, -0.25) is 0 Å². The van der Waals surface area contributed by atoms with Crippen LogP contribution in [0.2, 0.25) is 5.02 Å². The van der Waals surface area contributed by atoms with Crippen molar-refractivity contribution in [3.8, 4) is 5.75 Å². The first-order valence-corrected chi connectivity index (χ1v) is 4.86. The van der Waals surface area contributed by atoms with Crippen molar-refractivity contribution in [1.82, 2.24) is 0 Å². The quantitative estimate of drug-likeness (QED) is 0.782. The molecule has 0 aliphatic rings. The molecule has 3 nitrogen and oxygen atoms in total. The van der Waals surface area contributed by atoms with Gasteiger partial charge in [-0.05, 0) is 24.3 Å². The van der Waals surface area contributed by atoms with Gasteiger partial charge in [-0.2, -0.15) is 0 Å². The minimum atomic E-state index is -0.484. The average molecular weight is 216 g/mol. The van der Waals surface area contributed by atoms with Gasteiger partial charge in [-0.25, -0.2) is 0 Å². The van der Waals surface area contributed by atoms with E-state index in [0.717, 1.165) is 5.75 Å². The average Bonchev–Trinajstić information content (AvgIpc) is 2.21. The maximum atomic E-state index is 9.15. The Morgan fingerprint density at radius 3 is 2.57 bits per heavy atom. The summed E-state index contributed by atoms with van der Waals surface area (Å²) < 4.78 is 5.36. The van der Waals surface area contributed by atoms with E-state index in [1.807, 2.05) is 0 Å². The first-order chi connectivity index (χ1) is 6.72. The third-order valence-electron chi connectivity index (χ3n) is 1.81. The number of aliphatic hydroxyl groups is 1. The van der Waals surface area contributed by atoms with Crippen molar-refractivity contribution in [2.24, 2.45) is 5.73 Å². The zero-order valence-electron chi connectivity index (χ0n) is 7.82. The highest BCUT2D eigenvalue weighted by molar-refractivity contribution is 6.30. The Labute approximate surface area is 88.4 Å². The van der Waals surface area contributed by atoms with Crippen LogP contribution in [0.4, 0.5) is 0 Å². The maximum Gasteiger partial charge on any atom is 0.119 e. The molecule has 1 aromatic carbocycles. The van der Waals surface area contributed by atoms with E-state index in [1.54, 1.807) is 24.3 Å². The third kappa shape index (κ3) is 3.96. The largest absolute Gasteiger partial charge is 0.493 e. The van der Waals surface area contributed by atoms with Gasteiger partial charge in [0, 0.05) is 18.0 Å². The molecule has 0 amide bonds. The molecule has 1 rings (SSSR count). The Morgan fingerprint density at radius 1 is 1.36 bits per heavy atom. The number of aliphatic hydroxyl groups excluding tert-OH is 1. The zero-order valence-corrected chi connectivity index (χ0v) is 8.57. The van der Waals surface area contributed by atoms with Gasteiger partial charge in [0.05, 0.1) is 12.7 Å². The van der Waals surface area contributed by atoms with Crippen molar-refractivity contribution < 1.29 is 9.84 Å². The monoisotopic (exact) mass is 215 g/mol. The summed E-state index contributed by atoms with van der Waals surface area (Å²) in [7, 11) is 0. The molecule has 78 valence electrons. The molecule has 0 aromatic heterocycles. The van der Waals surface area contributed by atoms with Gasteiger partial charge in [0.2, 0.25) is 0 Å². The number of rotatable bonds is 5. The molecule has 0 aliphatic carbocycles. The van der Waals surface area contributed by atoms with Gasteiger partial charge in [0.25, 0.3) is 0 Å². The number of hydrogen-bond acceptors (Lipinski definition) is 3. The maximum absolute atomic E-state index is 9.15. The molecule has 0 aliphatic heterocycles. The van der Waals surface area contributed by atoms with Gasteiger partial charge in [-0.15, -0.1) is 0 Å². The van der Waals surface area contributed by atoms with Gasteiger partial charge in [0.1, 0.15) is 5.75 Å². The fourth-order valence-corrected chi connectivity index (χ4v) is 1.09. The van der Waals surface area contributed by atoms with Crippen molar-refractivity contribution in [2.75, 3.05) is 13.2 Å². The Hall–Kier alpha value is -0.770. The van der Waals surface area contributed by atoms with Crippen LogP contribution in [0.3, 0.4) is 0 Å². The summed E-state index contributed by atoms with van der Waals surface area (Å²) in [5, 5.41) is 9.83. The predicted molar refractivity (Wildman–Crippen MR) is 56.6 cm³/mol. The fraction of sp³-hybridized carbons (Fsp3) is 0.400. The molecule has 1 aromatic rings. The molecular weight excluding hydrogens is 202 g/mol. The summed E-state index contributed by atoms with van der Waals surface area (Å²) in [5.74, 6) is 0.749. The lowest BCUT2D eigenvalue weighted by Crippen LogP contribution is -2.21. The SMILES string of the molecule is NC[C@@H](O)CCOc1ccc(Cl)cc1.